The standard InChI is InChI=1S/C12H13N3O2/c1-16-10-11(13)14-8-15-12(10)17-7-9-5-3-2-4-6-9/h2-6,8H,7H2,1H3,(H2,13,14,15). The Kier molecular flexibility index (Phi) is 3.40. The molecule has 0 atom stereocenters. The molecule has 2 N–H and O–H groups in total. The first-order valence-electron chi connectivity index (χ1n) is 5.12. The van der Waals surface area contributed by atoms with Gasteiger partial charge in [0.2, 0.25) is 5.75 Å². The van der Waals surface area contributed by atoms with Gasteiger partial charge in [0.15, 0.2) is 5.82 Å². The molecule has 1 aromatic carbocycles. The quantitative estimate of drug-likeness (QED) is 0.866. The van der Waals surface area contributed by atoms with E-state index in [0.717, 1.165) is 5.56 Å². The second kappa shape index (κ2) is 5.16. The number of nitrogens with two attached hydrogens (primary N) is 1. The molecule has 0 unspecified atom stereocenters. The summed E-state index contributed by atoms with van der Waals surface area (Å²) in [4.78, 5) is 7.81. The number of hydrogen-bond donors (Lipinski definition) is 1. The predicted octanol–water partition coefficient (Wildman–Crippen LogP) is 1.65. The highest BCUT2D eigenvalue weighted by molar-refractivity contribution is 5.51. The summed E-state index contributed by atoms with van der Waals surface area (Å²) >= 11 is 0. The van der Waals surface area contributed by atoms with Gasteiger partial charge in [0.05, 0.1) is 7.11 Å². The molecule has 1 heterocycles. The molecule has 0 saturated carbocycles. The van der Waals surface area contributed by atoms with Crippen LogP contribution < -0.4 is 15.2 Å². The molecule has 17 heavy (non-hydrogen) atoms. The van der Waals surface area contributed by atoms with Crippen molar-refractivity contribution < 1.29 is 9.47 Å². The lowest BCUT2D eigenvalue weighted by atomic mass is 10.2. The molecular weight excluding hydrogens is 218 g/mol. The largest absolute Gasteiger partial charge is 0.489 e. The lowest BCUT2D eigenvalue weighted by Crippen LogP contribution is -2.03. The molecule has 0 fully saturated rings. The summed E-state index contributed by atoms with van der Waals surface area (Å²) in [5, 5.41) is 0. The molecule has 0 spiro atoms. The SMILES string of the molecule is COc1c(N)ncnc1OCc1ccccc1. The van der Waals surface area contributed by atoms with Crippen molar-refractivity contribution in [3.8, 4) is 11.6 Å². The number of nitrogens with zero attached hydrogens (tertiary/aromatic N) is 2. The average molecular weight is 231 g/mol. The maximum Gasteiger partial charge on any atom is 0.262 e. The van der Waals surface area contributed by atoms with E-state index in [1.807, 2.05) is 30.3 Å². The van der Waals surface area contributed by atoms with E-state index in [0.29, 0.717) is 18.2 Å². The number of aromatic nitrogens is 2. The molecule has 0 amide bonds. The minimum atomic E-state index is 0.269. The lowest BCUT2D eigenvalue weighted by Gasteiger charge is -2.10. The summed E-state index contributed by atoms with van der Waals surface area (Å²) < 4.78 is 10.6. The van der Waals surface area contributed by atoms with Gasteiger partial charge in [-0.25, -0.2) is 4.98 Å². The van der Waals surface area contributed by atoms with E-state index in [1.54, 1.807) is 0 Å². The third-order valence-corrected chi connectivity index (χ3v) is 2.22. The summed E-state index contributed by atoms with van der Waals surface area (Å²) in [6.45, 7) is 0.410. The van der Waals surface area contributed by atoms with Crippen molar-refractivity contribution in [2.45, 2.75) is 6.61 Å². The number of anilines is 1. The van der Waals surface area contributed by atoms with E-state index >= 15 is 0 Å². The average Bonchev–Trinajstić information content (AvgIpc) is 2.37. The van der Waals surface area contributed by atoms with Gasteiger partial charge < -0.3 is 15.2 Å². The fraction of sp³-hybridized carbons (Fsp3) is 0.167. The van der Waals surface area contributed by atoms with Gasteiger partial charge in [-0.15, -0.1) is 0 Å². The Bertz CT molecular complexity index is 488. The van der Waals surface area contributed by atoms with Gasteiger partial charge in [0.1, 0.15) is 12.9 Å². The van der Waals surface area contributed by atoms with Gasteiger partial charge in [0, 0.05) is 0 Å². The van der Waals surface area contributed by atoms with Crippen LogP contribution in [0.1, 0.15) is 5.56 Å². The number of hydrogen-bond acceptors (Lipinski definition) is 5. The Labute approximate surface area is 99.2 Å². The molecule has 0 saturated heterocycles. The van der Waals surface area contributed by atoms with Gasteiger partial charge in [0.25, 0.3) is 5.88 Å². The monoisotopic (exact) mass is 231 g/mol. The molecular formula is C12H13N3O2. The van der Waals surface area contributed by atoms with Crippen LogP contribution in [-0.2, 0) is 6.61 Å². The second-order valence-corrected chi connectivity index (χ2v) is 3.37. The van der Waals surface area contributed by atoms with Crippen LogP contribution in [0.25, 0.3) is 0 Å². The van der Waals surface area contributed by atoms with Crippen molar-refractivity contribution in [2.75, 3.05) is 12.8 Å². The molecule has 88 valence electrons. The van der Waals surface area contributed by atoms with Crippen molar-refractivity contribution >= 4 is 5.82 Å². The van der Waals surface area contributed by atoms with Gasteiger partial charge in [-0.3, -0.25) is 0 Å². The Hall–Kier alpha value is -2.30. The van der Waals surface area contributed by atoms with Crippen LogP contribution in [0.2, 0.25) is 0 Å². The minimum Gasteiger partial charge on any atom is -0.489 e. The first-order chi connectivity index (χ1) is 8.31. The van der Waals surface area contributed by atoms with Crippen LogP contribution in [0.3, 0.4) is 0 Å². The second-order valence-electron chi connectivity index (χ2n) is 3.37. The summed E-state index contributed by atoms with van der Waals surface area (Å²) in [5.74, 6) is 0.984. The van der Waals surface area contributed by atoms with Crippen molar-refractivity contribution in [1.29, 1.82) is 0 Å². The van der Waals surface area contributed by atoms with Crippen LogP contribution >= 0.6 is 0 Å². The van der Waals surface area contributed by atoms with Crippen molar-refractivity contribution in [2.24, 2.45) is 0 Å². The molecule has 0 radical (unpaired) electrons. The minimum absolute atomic E-state index is 0.269. The first kappa shape index (κ1) is 11.2. The van der Waals surface area contributed by atoms with Crippen LogP contribution in [0.4, 0.5) is 5.82 Å². The maximum atomic E-state index is 5.64. The zero-order chi connectivity index (χ0) is 12.1. The number of rotatable bonds is 4. The first-order valence-corrected chi connectivity index (χ1v) is 5.12. The number of nitrogen functional groups attached to an aromatic ring is 1. The highest BCUT2D eigenvalue weighted by Gasteiger charge is 2.10. The molecule has 5 heteroatoms. The predicted molar refractivity (Wildman–Crippen MR) is 63.8 cm³/mol. The Morgan fingerprint density at radius 2 is 1.94 bits per heavy atom. The Balaban J connectivity index is 2.12. The van der Waals surface area contributed by atoms with E-state index in [-0.39, 0.29) is 5.82 Å². The number of ether oxygens (including phenoxy) is 2. The third kappa shape index (κ3) is 2.63. The van der Waals surface area contributed by atoms with Crippen molar-refractivity contribution in [1.82, 2.24) is 9.97 Å². The molecule has 0 aliphatic carbocycles. The smallest absolute Gasteiger partial charge is 0.262 e. The fourth-order valence-electron chi connectivity index (χ4n) is 1.39. The summed E-state index contributed by atoms with van der Waals surface area (Å²) in [6, 6.07) is 9.79. The summed E-state index contributed by atoms with van der Waals surface area (Å²) in [6.07, 6.45) is 1.35. The third-order valence-electron chi connectivity index (χ3n) is 2.22. The normalized spacial score (nSPS) is 9.94. The topological polar surface area (TPSA) is 70.3 Å². The zero-order valence-corrected chi connectivity index (χ0v) is 9.46. The van der Waals surface area contributed by atoms with E-state index < -0.39 is 0 Å². The molecule has 0 aliphatic rings. The molecule has 2 rings (SSSR count). The highest BCUT2D eigenvalue weighted by Crippen LogP contribution is 2.28. The maximum absolute atomic E-state index is 5.64. The molecule has 0 aliphatic heterocycles. The molecule has 0 bridgehead atoms. The van der Waals surface area contributed by atoms with Crippen LogP contribution in [0.15, 0.2) is 36.7 Å². The molecule has 2 aromatic rings. The van der Waals surface area contributed by atoms with Gasteiger partial charge in [-0.05, 0) is 5.56 Å². The lowest BCUT2D eigenvalue weighted by molar-refractivity contribution is 0.272. The van der Waals surface area contributed by atoms with E-state index in [1.165, 1.54) is 13.4 Å². The molecule has 5 nitrogen and oxygen atoms in total. The van der Waals surface area contributed by atoms with Crippen LogP contribution in [0.5, 0.6) is 11.6 Å². The van der Waals surface area contributed by atoms with Crippen LogP contribution in [-0.4, -0.2) is 17.1 Å². The molecule has 1 aromatic heterocycles. The van der Waals surface area contributed by atoms with Crippen LogP contribution in [0, 0.1) is 0 Å². The van der Waals surface area contributed by atoms with Gasteiger partial charge >= 0.3 is 0 Å². The zero-order valence-electron chi connectivity index (χ0n) is 9.46. The summed E-state index contributed by atoms with van der Waals surface area (Å²) in [5.41, 5.74) is 6.69. The number of methoxy groups -OCH3 is 1. The highest BCUT2D eigenvalue weighted by atomic mass is 16.5. The van der Waals surface area contributed by atoms with Crippen molar-refractivity contribution in [3.05, 3.63) is 42.2 Å². The van der Waals surface area contributed by atoms with Gasteiger partial charge in [-0.1, -0.05) is 30.3 Å². The van der Waals surface area contributed by atoms with E-state index in [2.05, 4.69) is 9.97 Å². The summed E-state index contributed by atoms with van der Waals surface area (Å²) in [7, 11) is 1.50. The Morgan fingerprint density at radius 3 is 2.65 bits per heavy atom. The number of benzene rings is 1. The van der Waals surface area contributed by atoms with E-state index in [4.69, 9.17) is 15.2 Å². The van der Waals surface area contributed by atoms with Gasteiger partial charge in [-0.2, -0.15) is 4.98 Å². The van der Waals surface area contributed by atoms with Crippen molar-refractivity contribution in [3.63, 3.8) is 0 Å². The fourth-order valence-corrected chi connectivity index (χ4v) is 1.39. The Morgan fingerprint density at radius 1 is 1.18 bits per heavy atom. The van der Waals surface area contributed by atoms with E-state index in [9.17, 15) is 0 Å².